The maximum atomic E-state index is 13.4. The molecule has 4 aromatic rings. The van der Waals surface area contributed by atoms with Crippen molar-refractivity contribution in [2.75, 3.05) is 39.6 Å². The second-order valence-electron chi connectivity index (χ2n) is 17.8. The number of hydrogen-bond acceptors (Lipinski definition) is 7. The van der Waals surface area contributed by atoms with Crippen LogP contribution in [0, 0.1) is 27.7 Å². The van der Waals surface area contributed by atoms with Crippen LogP contribution in [0.15, 0.2) is 13.2 Å². The number of H-pyrrole nitrogens is 4. The molecule has 11 nitrogen and oxygen atoms in total. The zero-order chi connectivity index (χ0) is 45.7. The standard InChI is InChI=1S/C51H71BN4O7/c1-11-38-33(3)42-29-43-35(5)40(19-18-37(57)17-13-15-23-60-25-27-62-28-26-61-24-16-14-22-52(10)59)48(55-43)32-49-41(20-21-50(58)63-51(7,8)9)36(6)45(56-49)31-47-39(12-2)34(4)44(54-47)30-46(38)53-42/h11-12,29-32,53-56,59H,1-2,13-28H2,3-10H3. The molecule has 340 valence electrons. The highest BCUT2D eigenvalue weighted by atomic mass is 16.6. The lowest BCUT2D eigenvalue weighted by Gasteiger charge is -2.19. The van der Waals surface area contributed by atoms with E-state index in [4.69, 9.17) is 18.9 Å². The van der Waals surface area contributed by atoms with Crippen LogP contribution in [-0.4, -0.2) is 88.9 Å². The Kier molecular flexibility index (Phi) is 18.1. The van der Waals surface area contributed by atoms with E-state index in [1.54, 1.807) is 6.82 Å². The molecule has 5 N–H and O–H groups in total. The van der Waals surface area contributed by atoms with Crippen LogP contribution in [0.5, 0.6) is 0 Å². The summed E-state index contributed by atoms with van der Waals surface area (Å²) in [4.78, 5) is 41.1. The number of unbranched alkanes of at least 4 members (excludes halogenated alkanes) is 2. The van der Waals surface area contributed by atoms with Crippen LogP contribution in [0.3, 0.4) is 0 Å². The summed E-state index contributed by atoms with van der Waals surface area (Å²) in [5, 5.41) is 13.1. The molecule has 4 aromatic heterocycles. The first-order valence-corrected chi connectivity index (χ1v) is 22.8. The lowest BCUT2D eigenvalue weighted by Crippen LogP contribution is -2.24. The fourth-order valence-corrected chi connectivity index (χ4v) is 8.18. The van der Waals surface area contributed by atoms with Gasteiger partial charge in [-0.3, -0.25) is 9.59 Å². The van der Waals surface area contributed by atoms with E-state index in [9.17, 15) is 14.6 Å². The number of rotatable bonds is 24. The van der Waals surface area contributed by atoms with Gasteiger partial charge in [0, 0.05) is 87.8 Å². The van der Waals surface area contributed by atoms with E-state index in [2.05, 4.69) is 85.1 Å². The number of ketones is 1. The first kappa shape index (κ1) is 49.1. The van der Waals surface area contributed by atoms with Crippen LogP contribution in [0.4, 0.5) is 0 Å². The predicted molar refractivity (Wildman–Crippen MR) is 257 cm³/mol. The molecule has 0 saturated carbocycles. The number of aromatic nitrogens is 4. The van der Waals surface area contributed by atoms with Crippen LogP contribution in [0.25, 0.3) is 36.5 Å². The highest BCUT2D eigenvalue weighted by molar-refractivity contribution is 6.48. The van der Waals surface area contributed by atoms with Gasteiger partial charge in [0.1, 0.15) is 11.4 Å². The quantitative estimate of drug-likeness (QED) is 0.0269. The average Bonchev–Trinajstić information content (AvgIpc) is 3.89. The first-order chi connectivity index (χ1) is 30.1. The summed E-state index contributed by atoms with van der Waals surface area (Å²) in [7, 11) is 0. The number of aromatic amines is 4. The maximum Gasteiger partial charge on any atom is 0.306 e. The second-order valence-corrected chi connectivity index (χ2v) is 17.8. The van der Waals surface area contributed by atoms with Crippen molar-refractivity contribution < 1.29 is 33.6 Å². The third kappa shape index (κ3) is 13.8. The van der Waals surface area contributed by atoms with Gasteiger partial charge in [0.15, 0.2) is 0 Å². The Hall–Kier alpha value is -4.88. The Balaban J connectivity index is 1.35. The van der Waals surface area contributed by atoms with Crippen molar-refractivity contribution in [3.8, 4) is 0 Å². The van der Waals surface area contributed by atoms with E-state index in [0.29, 0.717) is 65.3 Å². The molecule has 5 rings (SSSR count). The van der Waals surface area contributed by atoms with Gasteiger partial charge in [-0.15, -0.1) is 0 Å². The summed E-state index contributed by atoms with van der Waals surface area (Å²) < 4.78 is 22.6. The van der Waals surface area contributed by atoms with E-state index in [1.165, 1.54) is 0 Å². The lowest BCUT2D eigenvalue weighted by molar-refractivity contribution is -0.154. The third-order valence-corrected chi connectivity index (χ3v) is 11.8. The van der Waals surface area contributed by atoms with Gasteiger partial charge in [-0.1, -0.05) is 38.6 Å². The molecule has 63 heavy (non-hydrogen) atoms. The Morgan fingerprint density at radius 3 is 1.79 bits per heavy atom. The van der Waals surface area contributed by atoms with Gasteiger partial charge >= 0.3 is 5.97 Å². The van der Waals surface area contributed by atoms with Crippen LogP contribution < -0.4 is 21.4 Å². The van der Waals surface area contributed by atoms with Crippen LogP contribution in [0.1, 0.15) is 133 Å². The number of ether oxygens (including phenoxy) is 4. The number of nitrogens with one attached hydrogen (secondary N) is 4. The van der Waals surface area contributed by atoms with E-state index >= 15 is 0 Å². The molecule has 12 heteroatoms. The Morgan fingerprint density at radius 2 is 1.14 bits per heavy atom. The Morgan fingerprint density at radius 1 is 0.603 bits per heavy atom. The van der Waals surface area contributed by atoms with Gasteiger partial charge in [0.25, 0.3) is 6.92 Å². The van der Waals surface area contributed by atoms with Crippen molar-refractivity contribution >= 4 is 55.1 Å². The molecule has 5 heterocycles. The number of esters is 1. The molecular formula is C51H71BN4O7. The number of carbonyl (C=O) groups excluding carboxylic acids is 2. The highest BCUT2D eigenvalue weighted by Gasteiger charge is 2.20. The molecule has 1 aliphatic heterocycles. The number of hydrogen-bond donors (Lipinski definition) is 5. The zero-order valence-corrected chi connectivity index (χ0v) is 39.2. The molecule has 1 aliphatic rings. The smallest absolute Gasteiger partial charge is 0.306 e. The van der Waals surface area contributed by atoms with Crippen LogP contribution >= 0.6 is 0 Å². The van der Waals surface area contributed by atoms with Gasteiger partial charge in [-0.05, 0) is 145 Å². The maximum absolute atomic E-state index is 13.4. The average molecular weight is 863 g/mol. The molecule has 0 aliphatic carbocycles. The SMILES string of the molecule is C=Cc1c2[nH]c(c1C)C=c1[nH]c(c(CCC(=O)CCCCOCCOCCOCCCCB(C)O)c1C)=Cc1[nH]c(c(C)c1CCC(=O)OC(C)(C)C)C=c1[nH]c(c(C)c1C=C)=C2. The normalized spacial score (nSPS) is 12.3. The summed E-state index contributed by atoms with van der Waals surface area (Å²) in [6.45, 7) is 27.3. The Bertz CT molecular complexity index is 2470. The highest BCUT2D eigenvalue weighted by Crippen LogP contribution is 2.24. The van der Waals surface area contributed by atoms with E-state index in [1.807, 2.05) is 32.9 Å². The Labute approximate surface area is 373 Å². The van der Waals surface area contributed by atoms with E-state index < -0.39 is 5.60 Å². The summed E-state index contributed by atoms with van der Waals surface area (Å²) in [5.41, 5.74) is 11.6. The second kappa shape index (κ2) is 23.2. The van der Waals surface area contributed by atoms with E-state index in [0.717, 1.165) is 121 Å². The minimum atomic E-state index is -0.574. The van der Waals surface area contributed by atoms with Crippen molar-refractivity contribution in [3.63, 3.8) is 0 Å². The molecule has 0 fully saturated rings. The molecular weight excluding hydrogens is 791 g/mol. The molecule has 0 spiro atoms. The lowest BCUT2D eigenvalue weighted by atomic mass is 9.67. The van der Waals surface area contributed by atoms with Crippen molar-refractivity contribution in [2.45, 2.75) is 125 Å². The number of fused-ring (bicyclic) bond motifs is 8. The fraction of sp³-hybridized carbons (Fsp3) is 0.490. The van der Waals surface area contributed by atoms with Crippen LogP contribution in [0.2, 0.25) is 13.1 Å². The van der Waals surface area contributed by atoms with Gasteiger partial charge in [0.05, 0.1) is 26.4 Å². The summed E-state index contributed by atoms with van der Waals surface area (Å²) >= 11 is 0. The van der Waals surface area contributed by atoms with Crippen LogP contribution in [-0.2, 0) is 41.4 Å². The predicted octanol–water partition coefficient (Wildman–Crippen LogP) is 6.54. The van der Waals surface area contributed by atoms with Gasteiger partial charge in [-0.25, -0.2) is 0 Å². The number of carbonyl (C=O) groups is 2. The molecule has 0 aromatic carbocycles. The largest absolute Gasteiger partial charge is 0.460 e. The van der Waals surface area contributed by atoms with Gasteiger partial charge in [0.2, 0.25) is 0 Å². The molecule has 8 bridgehead atoms. The van der Waals surface area contributed by atoms with Gasteiger partial charge < -0.3 is 43.9 Å². The van der Waals surface area contributed by atoms with Crippen molar-refractivity contribution in [1.29, 1.82) is 0 Å². The number of Topliss-reactive ketones (excluding diaryl/α,β-unsaturated/α-hetero) is 1. The zero-order valence-electron chi connectivity index (χ0n) is 39.2. The molecule has 0 atom stereocenters. The topological polar surface area (TPSA) is 154 Å². The van der Waals surface area contributed by atoms with Crippen molar-refractivity contribution in [3.05, 3.63) is 102 Å². The monoisotopic (exact) mass is 863 g/mol. The van der Waals surface area contributed by atoms with Gasteiger partial charge in [-0.2, -0.15) is 0 Å². The molecule has 0 unspecified atom stereocenters. The molecule has 0 amide bonds. The summed E-state index contributed by atoms with van der Waals surface area (Å²) in [6.07, 6.45) is 18.8. The van der Waals surface area contributed by atoms with Crippen molar-refractivity contribution in [1.82, 2.24) is 19.9 Å². The third-order valence-electron chi connectivity index (χ3n) is 11.8. The first-order valence-electron chi connectivity index (χ1n) is 22.8. The summed E-state index contributed by atoms with van der Waals surface area (Å²) in [5.74, 6) is -0.0208. The fourth-order valence-electron chi connectivity index (χ4n) is 8.18. The van der Waals surface area contributed by atoms with Crippen molar-refractivity contribution in [2.24, 2.45) is 0 Å². The molecule has 0 radical (unpaired) electrons. The minimum Gasteiger partial charge on any atom is -0.460 e. The molecule has 0 saturated heterocycles. The van der Waals surface area contributed by atoms with E-state index in [-0.39, 0.29) is 25.1 Å². The minimum absolute atomic E-state index is 0.222. The summed E-state index contributed by atoms with van der Waals surface area (Å²) in [6, 6.07) is 0.